The summed E-state index contributed by atoms with van der Waals surface area (Å²) in [6.45, 7) is 17.7. The van der Waals surface area contributed by atoms with Crippen LogP contribution in [0.15, 0.2) is 61.2 Å². The molecule has 3 aromatic rings. The van der Waals surface area contributed by atoms with Crippen LogP contribution in [-0.4, -0.2) is 36.2 Å². The van der Waals surface area contributed by atoms with Crippen molar-refractivity contribution in [3.8, 4) is 23.1 Å². The van der Waals surface area contributed by atoms with Gasteiger partial charge < -0.3 is 9.84 Å². The number of aliphatic hydroxyl groups excluding tert-OH is 1. The highest BCUT2D eigenvalue weighted by molar-refractivity contribution is 6.01. The van der Waals surface area contributed by atoms with Gasteiger partial charge in [0.1, 0.15) is 0 Å². The topological polar surface area (TPSA) is 59.4 Å². The molecule has 0 aliphatic carbocycles. The van der Waals surface area contributed by atoms with Gasteiger partial charge in [0, 0.05) is 48.1 Å². The average Bonchev–Trinajstić information content (AvgIpc) is 2.98. The summed E-state index contributed by atoms with van der Waals surface area (Å²) >= 11 is 0. The zero-order chi connectivity index (χ0) is 29.9. The summed E-state index contributed by atoms with van der Waals surface area (Å²) in [7, 11) is 1.00. The first-order chi connectivity index (χ1) is 19.4. The minimum atomic E-state index is 0.0294. The van der Waals surface area contributed by atoms with Gasteiger partial charge in [0.15, 0.2) is 5.78 Å². The summed E-state index contributed by atoms with van der Waals surface area (Å²) in [5.74, 6) is 6.45. The summed E-state index contributed by atoms with van der Waals surface area (Å²) in [4.78, 5) is 17.4. The highest BCUT2D eigenvalue weighted by atomic mass is 16.5. The highest BCUT2D eigenvalue weighted by Gasteiger charge is 2.19. The van der Waals surface area contributed by atoms with E-state index in [4.69, 9.17) is 14.8 Å². The molecule has 0 radical (unpaired) electrons. The van der Waals surface area contributed by atoms with E-state index in [-0.39, 0.29) is 5.78 Å². The molecule has 0 spiro atoms. The summed E-state index contributed by atoms with van der Waals surface area (Å²) < 4.78 is 5.13. The first-order valence-electron chi connectivity index (χ1n) is 13.9. The Morgan fingerprint density at radius 1 is 0.950 bits per heavy atom. The third-order valence-electron chi connectivity index (χ3n) is 5.86. The summed E-state index contributed by atoms with van der Waals surface area (Å²) in [6.07, 6.45) is 8.57. The quantitative estimate of drug-likeness (QED) is 0.169. The van der Waals surface area contributed by atoms with Crippen molar-refractivity contribution in [2.24, 2.45) is 0 Å². The lowest BCUT2D eigenvalue weighted by Gasteiger charge is -2.17. The first kappa shape index (κ1) is 34.2. The van der Waals surface area contributed by atoms with Crippen LogP contribution < -0.4 is 0 Å². The predicted molar refractivity (Wildman–Crippen MR) is 171 cm³/mol. The largest absolute Gasteiger partial charge is 0.400 e. The van der Waals surface area contributed by atoms with Crippen molar-refractivity contribution in [1.82, 2.24) is 4.98 Å². The van der Waals surface area contributed by atoms with Crippen LogP contribution >= 0.6 is 0 Å². The van der Waals surface area contributed by atoms with Crippen LogP contribution in [0.5, 0.6) is 0 Å². The van der Waals surface area contributed by atoms with Crippen LogP contribution in [0.25, 0.3) is 23.4 Å². The highest BCUT2D eigenvalue weighted by Crippen LogP contribution is 2.31. The molecule has 4 nitrogen and oxygen atoms in total. The molecule has 0 saturated heterocycles. The van der Waals surface area contributed by atoms with E-state index in [9.17, 15) is 4.79 Å². The fraction of sp³-hybridized carbons (Fsp3) is 0.333. The Balaban J connectivity index is 0.000000775. The number of carbonyl (C=O) groups is 1. The fourth-order valence-corrected chi connectivity index (χ4v) is 4.02. The van der Waals surface area contributed by atoms with E-state index in [0.717, 1.165) is 72.4 Å². The van der Waals surface area contributed by atoms with E-state index in [1.54, 1.807) is 13.0 Å². The lowest BCUT2D eigenvalue weighted by Crippen LogP contribution is -2.09. The van der Waals surface area contributed by atoms with Crippen molar-refractivity contribution in [2.45, 2.75) is 60.8 Å². The zero-order valence-corrected chi connectivity index (χ0v) is 25.3. The van der Waals surface area contributed by atoms with Gasteiger partial charge >= 0.3 is 0 Å². The number of carbonyl (C=O) groups excluding carboxylic acids is 1. The standard InChI is InChI=1S/C29H27NO.C6H14O.CH4O/c1-6-9-27-25(7-2)28(21(5)31)26(8-3)29(30-27)24-18-16-23(17-19-24)15-14-22-12-10-20(4)11-13-22;1-3-5-7-6-4-2;1-2/h6-7,9-13,16-19H,2,8H2,1,3-5H3;3-6H2,1-2H3;2H,1H3/b9-6-;;. The number of rotatable bonds is 9. The maximum atomic E-state index is 12.5. The number of allylic oxidation sites excluding steroid dienone is 1. The van der Waals surface area contributed by atoms with Crippen molar-refractivity contribution < 1.29 is 14.6 Å². The second-order valence-corrected chi connectivity index (χ2v) is 9.03. The van der Waals surface area contributed by atoms with Crippen molar-refractivity contribution in [3.63, 3.8) is 0 Å². The lowest BCUT2D eigenvalue weighted by molar-refractivity contribution is 0.101. The molecule has 0 bridgehead atoms. The molecule has 0 atom stereocenters. The van der Waals surface area contributed by atoms with Gasteiger partial charge in [-0.05, 0) is 75.9 Å². The number of benzene rings is 2. The number of pyridine rings is 1. The number of ether oxygens (including phenoxy) is 1. The second-order valence-electron chi connectivity index (χ2n) is 9.03. The van der Waals surface area contributed by atoms with Crippen LogP contribution in [0.1, 0.15) is 91.3 Å². The van der Waals surface area contributed by atoms with Crippen LogP contribution in [-0.2, 0) is 11.2 Å². The number of nitrogens with zero attached hydrogens (tertiary/aromatic N) is 1. The Bertz CT molecular complexity index is 1290. The van der Waals surface area contributed by atoms with Gasteiger partial charge in [-0.2, -0.15) is 0 Å². The van der Waals surface area contributed by atoms with Gasteiger partial charge in [0.05, 0.1) is 11.4 Å². The molecule has 2 aromatic carbocycles. The molecule has 212 valence electrons. The molecular formula is C36H45NO3. The molecular weight excluding hydrogens is 494 g/mol. The molecule has 0 fully saturated rings. The maximum Gasteiger partial charge on any atom is 0.160 e. The van der Waals surface area contributed by atoms with E-state index in [1.165, 1.54) is 5.56 Å². The number of aryl methyl sites for hydroxylation is 1. The number of hydrogen-bond acceptors (Lipinski definition) is 4. The predicted octanol–water partition coefficient (Wildman–Crippen LogP) is 8.33. The zero-order valence-electron chi connectivity index (χ0n) is 25.3. The number of aromatic nitrogens is 1. The smallest absolute Gasteiger partial charge is 0.160 e. The van der Waals surface area contributed by atoms with Gasteiger partial charge in [0.25, 0.3) is 0 Å². The van der Waals surface area contributed by atoms with E-state index < -0.39 is 0 Å². The van der Waals surface area contributed by atoms with Crippen molar-refractivity contribution in [2.75, 3.05) is 20.3 Å². The molecule has 1 heterocycles. The summed E-state index contributed by atoms with van der Waals surface area (Å²) in [6, 6.07) is 16.2. The van der Waals surface area contributed by atoms with Gasteiger partial charge in [-0.15, -0.1) is 0 Å². The first-order valence-corrected chi connectivity index (χ1v) is 13.9. The molecule has 0 unspecified atom stereocenters. The van der Waals surface area contributed by atoms with Crippen LogP contribution in [0.3, 0.4) is 0 Å². The molecule has 4 heteroatoms. The number of Topliss-reactive ketones (excluding diaryl/α,β-unsaturated/α-hetero) is 1. The Hall–Kier alpha value is -3.78. The van der Waals surface area contributed by atoms with E-state index in [1.807, 2.05) is 55.5 Å². The SMILES string of the molecule is C=Cc1c(/C=C\C)nc(-c2ccc(C#Cc3ccc(C)cc3)cc2)c(CC)c1C(C)=O.CCCOCCC.CO. The number of aliphatic hydroxyl groups is 1. The summed E-state index contributed by atoms with van der Waals surface area (Å²) in [5.41, 5.74) is 8.18. The Morgan fingerprint density at radius 3 is 1.90 bits per heavy atom. The molecule has 3 rings (SSSR count). The van der Waals surface area contributed by atoms with Crippen molar-refractivity contribution >= 4 is 17.9 Å². The Morgan fingerprint density at radius 2 is 1.48 bits per heavy atom. The van der Waals surface area contributed by atoms with Gasteiger partial charge in [-0.25, -0.2) is 4.98 Å². The molecule has 1 aromatic heterocycles. The molecule has 40 heavy (non-hydrogen) atoms. The van der Waals surface area contributed by atoms with E-state index in [2.05, 4.69) is 58.2 Å². The normalized spacial score (nSPS) is 10.0. The second kappa shape index (κ2) is 19.3. The minimum Gasteiger partial charge on any atom is -0.400 e. The minimum absolute atomic E-state index is 0.0294. The number of ketones is 1. The molecule has 0 aliphatic heterocycles. The van der Waals surface area contributed by atoms with E-state index >= 15 is 0 Å². The van der Waals surface area contributed by atoms with Crippen LogP contribution in [0.2, 0.25) is 0 Å². The molecule has 1 N–H and O–H groups in total. The third-order valence-corrected chi connectivity index (χ3v) is 5.86. The van der Waals surface area contributed by atoms with Crippen LogP contribution in [0.4, 0.5) is 0 Å². The molecule has 0 aliphatic rings. The van der Waals surface area contributed by atoms with Crippen molar-refractivity contribution in [3.05, 3.63) is 100 Å². The van der Waals surface area contributed by atoms with Gasteiger partial charge in [-0.1, -0.05) is 81.2 Å². The van der Waals surface area contributed by atoms with Gasteiger partial charge in [0.2, 0.25) is 0 Å². The van der Waals surface area contributed by atoms with Crippen molar-refractivity contribution in [1.29, 1.82) is 0 Å². The number of hydrogen-bond donors (Lipinski definition) is 1. The average molecular weight is 540 g/mol. The maximum absolute atomic E-state index is 12.5. The molecule has 0 amide bonds. The summed E-state index contributed by atoms with van der Waals surface area (Å²) in [5, 5.41) is 7.00. The third kappa shape index (κ3) is 10.4. The molecule has 0 saturated carbocycles. The van der Waals surface area contributed by atoms with Gasteiger partial charge in [-0.3, -0.25) is 4.79 Å². The Kier molecular flexibility index (Phi) is 16.5. The monoisotopic (exact) mass is 539 g/mol. The Labute approximate surface area is 241 Å². The van der Waals surface area contributed by atoms with Crippen LogP contribution in [0, 0.1) is 18.8 Å². The fourth-order valence-electron chi connectivity index (χ4n) is 4.02. The van der Waals surface area contributed by atoms with E-state index in [0.29, 0.717) is 12.0 Å². The lowest BCUT2D eigenvalue weighted by atomic mass is 9.91.